The number of carbonyl (C=O) groups excluding carboxylic acids is 1. The molecule has 1 aromatic carbocycles. The van der Waals surface area contributed by atoms with Crippen molar-refractivity contribution < 1.29 is 4.79 Å². The second kappa shape index (κ2) is 7.65. The summed E-state index contributed by atoms with van der Waals surface area (Å²) in [5.41, 5.74) is 8.07. The maximum atomic E-state index is 12.4. The molecule has 23 heavy (non-hydrogen) atoms. The molecule has 1 heterocycles. The van der Waals surface area contributed by atoms with Crippen molar-refractivity contribution in [3.63, 3.8) is 0 Å². The number of para-hydroxylation sites is 1. The van der Waals surface area contributed by atoms with Crippen LogP contribution >= 0.6 is 12.4 Å². The number of rotatable bonds is 4. The van der Waals surface area contributed by atoms with Gasteiger partial charge in [0.05, 0.1) is 6.54 Å². The molecule has 0 spiro atoms. The van der Waals surface area contributed by atoms with Gasteiger partial charge in [-0.05, 0) is 42.0 Å². The fourth-order valence-corrected chi connectivity index (χ4v) is 3.07. The van der Waals surface area contributed by atoms with E-state index in [9.17, 15) is 4.79 Å². The van der Waals surface area contributed by atoms with Crippen molar-refractivity contribution in [1.82, 2.24) is 4.90 Å². The van der Waals surface area contributed by atoms with Crippen LogP contribution in [0.1, 0.15) is 39.7 Å². The molecule has 1 aliphatic heterocycles. The molecule has 4 nitrogen and oxygen atoms in total. The van der Waals surface area contributed by atoms with Crippen LogP contribution in [0.4, 0.5) is 5.69 Å². The average molecular weight is 340 g/mol. The molecule has 1 saturated heterocycles. The molecule has 1 amide bonds. The summed E-state index contributed by atoms with van der Waals surface area (Å²) in [5.74, 6) is 0.0537. The van der Waals surface area contributed by atoms with E-state index >= 15 is 0 Å². The van der Waals surface area contributed by atoms with Crippen molar-refractivity contribution in [3.05, 3.63) is 29.8 Å². The largest absolute Gasteiger partial charge is 0.330 e. The monoisotopic (exact) mass is 339 g/mol. The molecule has 0 saturated carbocycles. The molecule has 1 aliphatic rings. The molecular formula is C18H30ClN3O. The third-order valence-electron chi connectivity index (χ3n) is 4.51. The van der Waals surface area contributed by atoms with Crippen LogP contribution in [0.3, 0.4) is 0 Å². The highest BCUT2D eigenvalue weighted by Gasteiger charge is 2.33. The summed E-state index contributed by atoms with van der Waals surface area (Å²) in [6.07, 6.45) is 1.06. The van der Waals surface area contributed by atoms with Crippen molar-refractivity contribution >= 4 is 24.0 Å². The number of benzene rings is 1. The molecule has 0 bridgehead atoms. The molecule has 0 aliphatic carbocycles. The van der Waals surface area contributed by atoms with Gasteiger partial charge in [-0.15, -0.1) is 12.4 Å². The highest BCUT2D eigenvalue weighted by molar-refractivity contribution is 5.93. The normalized spacial score (nSPS) is 21.8. The number of nitrogens with zero attached hydrogens (tertiary/aromatic N) is 1. The van der Waals surface area contributed by atoms with Gasteiger partial charge in [-0.1, -0.05) is 45.9 Å². The quantitative estimate of drug-likeness (QED) is 0.886. The van der Waals surface area contributed by atoms with Gasteiger partial charge in [-0.2, -0.15) is 0 Å². The molecule has 2 rings (SSSR count). The molecule has 1 unspecified atom stereocenters. The van der Waals surface area contributed by atoms with E-state index in [1.807, 2.05) is 18.2 Å². The summed E-state index contributed by atoms with van der Waals surface area (Å²) in [5, 5.41) is 3.08. The Hall–Kier alpha value is -1.10. The van der Waals surface area contributed by atoms with Gasteiger partial charge in [-0.25, -0.2) is 0 Å². The fourth-order valence-electron chi connectivity index (χ4n) is 3.07. The molecule has 1 fully saturated rings. The zero-order chi connectivity index (χ0) is 16.4. The van der Waals surface area contributed by atoms with Gasteiger partial charge in [0.25, 0.3) is 0 Å². The second-order valence-corrected chi connectivity index (χ2v) is 7.82. The van der Waals surface area contributed by atoms with Crippen LogP contribution in [-0.2, 0) is 10.2 Å². The Bertz CT molecular complexity index is 541. The lowest BCUT2D eigenvalue weighted by atomic mass is 9.86. The van der Waals surface area contributed by atoms with Crippen LogP contribution < -0.4 is 11.1 Å². The Morgan fingerprint density at radius 3 is 2.57 bits per heavy atom. The van der Waals surface area contributed by atoms with Crippen LogP contribution in [0, 0.1) is 5.41 Å². The first-order valence-corrected chi connectivity index (χ1v) is 8.05. The maximum Gasteiger partial charge on any atom is 0.238 e. The molecule has 0 aromatic heterocycles. The highest BCUT2D eigenvalue weighted by atomic mass is 35.5. The number of hydrogen-bond acceptors (Lipinski definition) is 3. The van der Waals surface area contributed by atoms with Gasteiger partial charge < -0.3 is 11.1 Å². The summed E-state index contributed by atoms with van der Waals surface area (Å²) in [6, 6.07) is 8.04. The first-order chi connectivity index (χ1) is 10.2. The first-order valence-electron chi connectivity index (χ1n) is 8.05. The first kappa shape index (κ1) is 19.9. The minimum absolute atomic E-state index is 0. The third kappa shape index (κ3) is 5.20. The SMILES string of the molecule is CC1(CN)CCN(CC(=O)Nc2ccccc2C(C)(C)C)C1.Cl. The molecular weight excluding hydrogens is 310 g/mol. The number of halogens is 1. The molecule has 0 radical (unpaired) electrons. The second-order valence-electron chi connectivity index (χ2n) is 7.82. The third-order valence-corrected chi connectivity index (χ3v) is 4.51. The van der Waals surface area contributed by atoms with Crippen molar-refractivity contribution in [3.8, 4) is 0 Å². The summed E-state index contributed by atoms with van der Waals surface area (Å²) < 4.78 is 0. The average Bonchev–Trinajstić information content (AvgIpc) is 2.80. The van der Waals surface area contributed by atoms with E-state index in [4.69, 9.17) is 5.73 Å². The van der Waals surface area contributed by atoms with Crippen molar-refractivity contribution in [2.75, 3.05) is 31.5 Å². The number of carbonyl (C=O) groups is 1. The van der Waals surface area contributed by atoms with Crippen molar-refractivity contribution in [2.24, 2.45) is 11.1 Å². The molecule has 5 heteroatoms. The number of likely N-dealkylation sites (tertiary alicyclic amines) is 1. The predicted octanol–water partition coefficient (Wildman–Crippen LogP) is 3.02. The van der Waals surface area contributed by atoms with E-state index in [2.05, 4.69) is 44.0 Å². The Balaban J connectivity index is 0.00000264. The Morgan fingerprint density at radius 1 is 1.35 bits per heavy atom. The number of hydrogen-bond donors (Lipinski definition) is 2. The summed E-state index contributed by atoms with van der Waals surface area (Å²) in [7, 11) is 0. The number of nitrogens with one attached hydrogen (secondary N) is 1. The molecule has 1 aromatic rings. The zero-order valence-corrected chi connectivity index (χ0v) is 15.5. The number of anilines is 1. The maximum absolute atomic E-state index is 12.4. The van der Waals surface area contributed by atoms with E-state index < -0.39 is 0 Å². The summed E-state index contributed by atoms with van der Waals surface area (Å²) in [4.78, 5) is 14.6. The highest BCUT2D eigenvalue weighted by Crippen LogP contribution is 2.30. The van der Waals surface area contributed by atoms with E-state index in [0.717, 1.165) is 30.8 Å². The predicted molar refractivity (Wildman–Crippen MR) is 99.2 cm³/mol. The summed E-state index contributed by atoms with van der Waals surface area (Å²) in [6.45, 7) is 11.6. The van der Waals surface area contributed by atoms with Crippen LogP contribution in [-0.4, -0.2) is 37.0 Å². The van der Waals surface area contributed by atoms with Crippen molar-refractivity contribution in [1.29, 1.82) is 0 Å². The standard InChI is InChI=1S/C18H29N3O.ClH/c1-17(2,3)14-7-5-6-8-15(14)20-16(22)11-21-10-9-18(4,12-19)13-21;/h5-8H,9-13,19H2,1-4H3,(H,20,22);1H. The van der Waals surface area contributed by atoms with Crippen LogP contribution in [0.25, 0.3) is 0 Å². The van der Waals surface area contributed by atoms with Crippen molar-refractivity contribution in [2.45, 2.75) is 39.5 Å². The van der Waals surface area contributed by atoms with E-state index in [1.165, 1.54) is 0 Å². The fraction of sp³-hybridized carbons (Fsp3) is 0.611. The number of nitrogens with two attached hydrogens (primary N) is 1. The number of amides is 1. The Labute approximate surface area is 146 Å². The molecule has 1 atom stereocenters. The zero-order valence-electron chi connectivity index (χ0n) is 14.7. The lowest BCUT2D eigenvalue weighted by Gasteiger charge is -2.24. The van der Waals surface area contributed by atoms with E-state index in [-0.39, 0.29) is 29.1 Å². The van der Waals surface area contributed by atoms with Gasteiger partial charge in [-0.3, -0.25) is 9.69 Å². The smallest absolute Gasteiger partial charge is 0.238 e. The molecule has 3 N–H and O–H groups in total. The van der Waals surface area contributed by atoms with E-state index in [0.29, 0.717) is 13.1 Å². The Morgan fingerprint density at radius 2 is 2.00 bits per heavy atom. The lowest BCUT2D eigenvalue weighted by Crippen LogP contribution is -2.35. The van der Waals surface area contributed by atoms with Crippen LogP contribution in [0.15, 0.2) is 24.3 Å². The van der Waals surface area contributed by atoms with Gasteiger partial charge in [0, 0.05) is 12.2 Å². The topological polar surface area (TPSA) is 58.4 Å². The van der Waals surface area contributed by atoms with E-state index in [1.54, 1.807) is 0 Å². The molecule has 130 valence electrons. The van der Waals surface area contributed by atoms with Gasteiger partial charge in [0.15, 0.2) is 0 Å². The van der Waals surface area contributed by atoms with Gasteiger partial charge in [0.2, 0.25) is 5.91 Å². The van der Waals surface area contributed by atoms with Crippen LogP contribution in [0.2, 0.25) is 0 Å². The minimum Gasteiger partial charge on any atom is -0.330 e. The minimum atomic E-state index is 0. The summed E-state index contributed by atoms with van der Waals surface area (Å²) >= 11 is 0. The lowest BCUT2D eigenvalue weighted by molar-refractivity contribution is -0.117. The van der Waals surface area contributed by atoms with Crippen LogP contribution in [0.5, 0.6) is 0 Å². The Kier molecular flexibility index (Phi) is 6.63. The van der Waals surface area contributed by atoms with Gasteiger partial charge in [0.1, 0.15) is 0 Å². The van der Waals surface area contributed by atoms with Gasteiger partial charge >= 0.3 is 0 Å².